The second-order valence-electron chi connectivity index (χ2n) is 5.74. The molecule has 1 aliphatic rings. The topological polar surface area (TPSA) is 39.1 Å². The molecule has 1 N–H and O–H groups in total. The molecule has 1 fully saturated rings. The van der Waals surface area contributed by atoms with Crippen molar-refractivity contribution in [3.63, 3.8) is 0 Å². The van der Waals surface area contributed by atoms with E-state index in [1.165, 1.54) is 12.8 Å². The minimum atomic E-state index is -0.307. The van der Waals surface area contributed by atoms with E-state index in [-0.39, 0.29) is 5.54 Å². The standard InChI is InChI=1S/C15H29N3/c1-5-15(12-16,17-6-2)10-7-11-18(4)13(3)14-8-9-14/h13-14,17H,5-11H2,1-4H3. The largest absolute Gasteiger partial charge is 0.303 e. The summed E-state index contributed by atoms with van der Waals surface area (Å²) >= 11 is 0. The van der Waals surface area contributed by atoms with Gasteiger partial charge in [-0.25, -0.2) is 0 Å². The zero-order valence-electron chi connectivity index (χ0n) is 12.5. The number of hydrogen-bond donors (Lipinski definition) is 1. The van der Waals surface area contributed by atoms with Crippen LogP contribution in [0.25, 0.3) is 0 Å². The van der Waals surface area contributed by atoms with Gasteiger partial charge in [0.1, 0.15) is 5.54 Å². The summed E-state index contributed by atoms with van der Waals surface area (Å²) in [7, 11) is 2.22. The van der Waals surface area contributed by atoms with Crippen molar-refractivity contribution in [2.45, 2.75) is 64.5 Å². The van der Waals surface area contributed by atoms with Crippen LogP contribution in [0.3, 0.4) is 0 Å². The summed E-state index contributed by atoms with van der Waals surface area (Å²) in [5, 5.41) is 12.7. The summed E-state index contributed by atoms with van der Waals surface area (Å²) in [5.41, 5.74) is -0.307. The predicted molar refractivity (Wildman–Crippen MR) is 76.4 cm³/mol. The zero-order valence-corrected chi connectivity index (χ0v) is 12.5. The molecule has 0 spiro atoms. The van der Waals surface area contributed by atoms with Crippen LogP contribution in [0.2, 0.25) is 0 Å². The molecule has 0 aromatic carbocycles. The van der Waals surface area contributed by atoms with Gasteiger partial charge in [-0.15, -0.1) is 0 Å². The lowest BCUT2D eigenvalue weighted by Crippen LogP contribution is -2.44. The van der Waals surface area contributed by atoms with E-state index in [4.69, 9.17) is 0 Å². The van der Waals surface area contributed by atoms with Gasteiger partial charge >= 0.3 is 0 Å². The highest BCUT2D eigenvalue weighted by atomic mass is 15.1. The number of hydrogen-bond acceptors (Lipinski definition) is 3. The molecule has 3 nitrogen and oxygen atoms in total. The van der Waals surface area contributed by atoms with E-state index in [1.54, 1.807) is 0 Å². The van der Waals surface area contributed by atoms with Gasteiger partial charge < -0.3 is 4.90 Å². The minimum Gasteiger partial charge on any atom is -0.303 e. The van der Waals surface area contributed by atoms with Crippen molar-refractivity contribution in [2.24, 2.45) is 5.92 Å². The highest BCUT2D eigenvalue weighted by Gasteiger charge is 2.31. The fourth-order valence-electron chi connectivity index (χ4n) is 2.68. The van der Waals surface area contributed by atoms with E-state index in [2.05, 4.69) is 44.1 Å². The third-order valence-corrected chi connectivity index (χ3v) is 4.45. The SMILES string of the molecule is CCNC(C#N)(CC)CCCN(C)C(C)C1CC1. The number of nitrogens with zero attached hydrogens (tertiary/aromatic N) is 2. The van der Waals surface area contributed by atoms with Gasteiger partial charge in [-0.3, -0.25) is 5.32 Å². The third kappa shape index (κ3) is 4.26. The van der Waals surface area contributed by atoms with Crippen molar-refractivity contribution in [1.82, 2.24) is 10.2 Å². The van der Waals surface area contributed by atoms with E-state index >= 15 is 0 Å². The Hall–Kier alpha value is -0.590. The van der Waals surface area contributed by atoms with E-state index in [1.807, 2.05) is 0 Å². The third-order valence-electron chi connectivity index (χ3n) is 4.45. The van der Waals surface area contributed by atoms with Gasteiger partial charge in [-0.1, -0.05) is 13.8 Å². The molecular weight excluding hydrogens is 222 g/mol. The van der Waals surface area contributed by atoms with E-state index in [0.717, 1.165) is 38.3 Å². The molecule has 0 amide bonds. The van der Waals surface area contributed by atoms with Crippen molar-refractivity contribution in [3.05, 3.63) is 0 Å². The molecule has 0 saturated heterocycles. The molecule has 0 aromatic heterocycles. The Bertz CT molecular complexity index is 280. The fourth-order valence-corrected chi connectivity index (χ4v) is 2.68. The lowest BCUT2D eigenvalue weighted by atomic mass is 9.91. The molecule has 3 heteroatoms. The van der Waals surface area contributed by atoms with Gasteiger partial charge in [0.15, 0.2) is 0 Å². The van der Waals surface area contributed by atoms with Gasteiger partial charge in [-0.05, 0) is 65.1 Å². The van der Waals surface area contributed by atoms with Crippen LogP contribution in [0.1, 0.15) is 52.9 Å². The summed E-state index contributed by atoms with van der Waals surface area (Å²) in [6.07, 6.45) is 5.75. The maximum Gasteiger partial charge on any atom is 0.106 e. The molecule has 0 aliphatic heterocycles. The van der Waals surface area contributed by atoms with Crippen LogP contribution in [0.5, 0.6) is 0 Å². The molecule has 0 radical (unpaired) electrons. The van der Waals surface area contributed by atoms with Gasteiger partial charge in [0.05, 0.1) is 6.07 Å². The average Bonchev–Trinajstić information content (AvgIpc) is 3.21. The summed E-state index contributed by atoms with van der Waals surface area (Å²) in [4.78, 5) is 2.46. The Morgan fingerprint density at radius 1 is 1.44 bits per heavy atom. The van der Waals surface area contributed by atoms with Crippen LogP contribution in [0.15, 0.2) is 0 Å². The maximum atomic E-state index is 9.35. The Kier molecular flexibility index (Phi) is 6.11. The number of rotatable bonds is 9. The van der Waals surface area contributed by atoms with Crippen LogP contribution in [-0.4, -0.2) is 36.6 Å². The van der Waals surface area contributed by atoms with Crippen LogP contribution in [0.4, 0.5) is 0 Å². The highest BCUT2D eigenvalue weighted by molar-refractivity contribution is 5.06. The minimum absolute atomic E-state index is 0.307. The molecule has 0 heterocycles. The first kappa shape index (κ1) is 15.5. The smallest absolute Gasteiger partial charge is 0.106 e. The second-order valence-corrected chi connectivity index (χ2v) is 5.74. The average molecular weight is 251 g/mol. The summed E-state index contributed by atoms with van der Waals surface area (Å²) in [6, 6.07) is 3.19. The molecule has 2 unspecified atom stereocenters. The first-order valence-corrected chi connectivity index (χ1v) is 7.45. The Balaban J connectivity index is 2.31. The normalized spacial score (nSPS) is 20.4. The lowest BCUT2D eigenvalue weighted by Gasteiger charge is -2.29. The number of nitrogens with one attached hydrogen (secondary N) is 1. The Morgan fingerprint density at radius 2 is 2.11 bits per heavy atom. The van der Waals surface area contributed by atoms with Crippen LogP contribution < -0.4 is 5.32 Å². The number of nitriles is 1. The van der Waals surface area contributed by atoms with Crippen LogP contribution in [-0.2, 0) is 0 Å². The van der Waals surface area contributed by atoms with E-state index in [0.29, 0.717) is 6.04 Å². The molecule has 1 aliphatic carbocycles. The van der Waals surface area contributed by atoms with E-state index in [9.17, 15) is 5.26 Å². The molecule has 0 bridgehead atoms. The van der Waals surface area contributed by atoms with Crippen molar-refractivity contribution in [3.8, 4) is 6.07 Å². The predicted octanol–water partition coefficient (Wildman–Crippen LogP) is 2.78. The summed E-state index contributed by atoms with van der Waals surface area (Å²) in [5.74, 6) is 0.927. The van der Waals surface area contributed by atoms with Crippen molar-refractivity contribution in [1.29, 1.82) is 5.26 Å². The highest BCUT2D eigenvalue weighted by Crippen LogP contribution is 2.34. The van der Waals surface area contributed by atoms with Gasteiger partial charge in [0.2, 0.25) is 0 Å². The molecule has 0 aromatic rings. The van der Waals surface area contributed by atoms with Gasteiger partial charge in [0.25, 0.3) is 0 Å². The lowest BCUT2D eigenvalue weighted by molar-refractivity contribution is 0.221. The maximum absolute atomic E-state index is 9.35. The van der Waals surface area contributed by atoms with E-state index < -0.39 is 0 Å². The van der Waals surface area contributed by atoms with Crippen molar-refractivity contribution < 1.29 is 0 Å². The Labute approximate surface area is 113 Å². The monoisotopic (exact) mass is 251 g/mol. The van der Waals surface area contributed by atoms with Crippen LogP contribution in [0, 0.1) is 17.2 Å². The van der Waals surface area contributed by atoms with Gasteiger partial charge in [0, 0.05) is 6.04 Å². The summed E-state index contributed by atoms with van der Waals surface area (Å²) in [6.45, 7) is 8.48. The second kappa shape index (κ2) is 7.11. The first-order valence-electron chi connectivity index (χ1n) is 7.45. The Morgan fingerprint density at radius 3 is 2.56 bits per heavy atom. The molecule has 2 atom stereocenters. The zero-order chi connectivity index (χ0) is 13.6. The van der Waals surface area contributed by atoms with Crippen LogP contribution >= 0.6 is 0 Å². The summed E-state index contributed by atoms with van der Waals surface area (Å²) < 4.78 is 0. The molecule has 1 rings (SSSR count). The quantitative estimate of drug-likeness (QED) is 0.685. The van der Waals surface area contributed by atoms with Gasteiger partial charge in [-0.2, -0.15) is 5.26 Å². The molecule has 18 heavy (non-hydrogen) atoms. The van der Waals surface area contributed by atoms with Crippen molar-refractivity contribution in [2.75, 3.05) is 20.1 Å². The molecule has 104 valence electrons. The molecular formula is C15H29N3. The van der Waals surface area contributed by atoms with Crippen molar-refractivity contribution >= 4 is 0 Å². The fraction of sp³-hybridized carbons (Fsp3) is 0.933. The first-order chi connectivity index (χ1) is 8.58. The molecule has 1 saturated carbocycles.